The lowest BCUT2D eigenvalue weighted by Crippen LogP contribution is -2.05. The van der Waals surface area contributed by atoms with Crippen molar-refractivity contribution in [2.24, 2.45) is 0 Å². The fourth-order valence-electron chi connectivity index (χ4n) is 2.18. The number of pyridine rings is 1. The highest BCUT2D eigenvalue weighted by Crippen LogP contribution is 2.31. The van der Waals surface area contributed by atoms with E-state index in [0.29, 0.717) is 0 Å². The van der Waals surface area contributed by atoms with Crippen molar-refractivity contribution in [3.8, 4) is 11.3 Å². The van der Waals surface area contributed by atoms with Crippen molar-refractivity contribution in [1.82, 2.24) is 4.98 Å². The molecule has 1 nitrogen and oxygen atoms in total. The second-order valence-electron chi connectivity index (χ2n) is 4.08. The van der Waals surface area contributed by atoms with Crippen molar-refractivity contribution >= 4 is 57.9 Å². The molecule has 0 N–H and O–H groups in total. The maximum absolute atomic E-state index is 13.1. The third-order valence-corrected chi connectivity index (χ3v) is 9.63. The quantitative estimate of drug-likeness (QED) is 0.685. The van der Waals surface area contributed by atoms with Crippen molar-refractivity contribution in [2.75, 3.05) is 0 Å². The van der Waals surface area contributed by atoms with Gasteiger partial charge in [-0.1, -0.05) is 6.07 Å². The van der Waals surface area contributed by atoms with Gasteiger partial charge in [0.15, 0.2) is 0 Å². The van der Waals surface area contributed by atoms with Gasteiger partial charge >= 0.3 is 0 Å². The zero-order valence-corrected chi connectivity index (χ0v) is 15.6. The van der Waals surface area contributed by atoms with Crippen LogP contribution in [0.25, 0.3) is 11.3 Å². The molecule has 0 bridgehead atoms. The highest BCUT2D eigenvalue weighted by molar-refractivity contribution is 8.64. The normalized spacial score (nSPS) is 11.1. The number of halogens is 1. The van der Waals surface area contributed by atoms with Gasteiger partial charge in [0.2, 0.25) is 0 Å². The zero-order valence-electron chi connectivity index (χ0n) is 10.7. The van der Waals surface area contributed by atoms with E-state index in [2.05, 4.69) is 33.4 Å². The Morgan fingerprint density at radius 1 is 1.00 bits per heavy atom. The molecule has 0 saturated heterocycles. The van der Waals surface area contributed by atoms with E-state index in [1.54, 1.807) is 12.3 Å². The summed E-state index contributed by atoms with van der Waals surface area (Å²) in [7, 11) is 5.63. The Morgan fingerprint density at radius 3 is 2.43 bits per heavy atom. The van der Waals surface area contributed by atoms with Gasteiger partial charge in [-0.15, -0.1) is 0 Å². The topological polar surface area (TPSA) is 12.9 Å². The van der Waals surface area contributed by atoms with Gasteiger partial charge in [0.1, 0.15) is 5.82 Å². The van der Waals surface area contributed by atoms with Crippen molar-refractivity contribution in [2.45, 2.75) is 12.8 Å². The van der Waals surface area contributed by atoms with Gasteiger partial charge < -0.3 is 0 Å². The molecule has 0 unspecified atom stereocenters. The third-order valence-electron chi connectivity index (χ3n) is 2.96. The molecule has 1 aromatic heterocycles. The molecule has 8 heteroatoms. The summed E-state index contributed by atoms with van der Waals surface area (Å²) in [5, 5.41) is 0. The van der Waals surface area contributed by atoms with Gasteiger partial charge in [0, 0.05) is 69.7 Å². The summed E-state index contributed by atoms with van der Waals surface area (Å²) in [5.74, 6) is -0.159. The predicted molar refractivity (Wildman–Crippen MR) is 101 cm³/mol. The smallest absolute Gasteiger partial charge is 0.123 e. The summed E-state index contributed by atoms with van der Waals surface area (Å²) in [6, 6.07) is 8.99. The second-order valence-corrected chi connectivity index (χ2v) is 11.2. The van der Waals surface area contributed by atoms with Crippen LogP contribution in [0, 0.1) is 5.82 Å². The van der Waals surface area contributed by atoms with Crippen LogP contribution in [0.1, 0.15) is 11.1 Å². The molecule has 0 aliphatic heterocycles. The summed E-state index contributed by atoms with van der Waals surface area (Å²) in [6.45, 7) is 0. The van der Waals surface area contributed by atoms with E-state index in [-0.39, 0.29) is 5.82 Å². The van der Waals surface area contributed by atoms with Gasteiger partial charge in [0.05, 0.1) is 5.69 Å². The monoisotopic (exact) mass is 391 g/mol. The molecule has 21 heavy (non-hydrogen) atoms. The van der Waals surface area contributed by atoms with E-state index in [1.165, 1.54) is 47.2 Å². The molecule has 1 aromatic carbocycles. The van der Waals surface area contributed by atoms with E-state index in [4.69, 9.17) is 0 Å². The number of fused-ring (bicyclic) bond motifs is 3. The molecule has 1 aliphatic rings. The lowest BCUT2D eigenvalue weighted by molar-refractivity contribution is 0.625. The summed E-state index contributed by atoms with van der Waals surface area (Å²) in [4.78, 5) is 4.37. The maximum atomic E-state index is 13.1. The standard InChI is InChI=1S/C13H10FN.S6/c14-11-5-6-12-10(8-11)4-3-9-2-1-7-15-13(9)12;1-3-5-6-4-2/h1-2,5-8H,3-4H2;. The van der Waals surface area contributed by atoms with Crippen molar-refractivity contribution in [3.63, 3.8) is 0 Å². The number of hydrogen-bond donors (Lipinski definition) is 0. The van der Waals surface area contributed by atoms with Crippen LogP contribution >= 0.6 is 0 Å². The third kappa shape index (κ3) is 4.80. The predicted octanol–water partition coefficient (Wildman–Crippen LogP) is 2.97. The average molecular weight is 392 g/mol. The molecule has 0 fully saturated rings. The number of nitrogens with zero attached hydrogens (tertiary/aromatic N) is 1. The molecule has 2 aromatic rings. The Bertz CT molecular complexity index is 793. The number of hydrogen-bond acceptors (Lipinski definition) is 3. The van der Waals surface area contributed by atoms with E-state index in [1.807, 2.05) is 12.1 Å². The van der Waals surface area contributed by atoms with Crippen LogP contribution in [0.4, 0.5) is 4.39 Å². The van der Waals surface area contributed by atoms with Crippen molar-refractivity contribution in [3.05, 3.63) is 53.5 Å². The van der Waals surface area contributed by atoms with Crippen LogP contribution in [0.5, 0.6) is 0 Å². The van der Waals surface area contributed by atoms with E-state index >= 15 is 0 Å². The van der Waals surface area contributed by atoms with Gasteiger partial charge in [-0.05, 0) is 48.2 Å². The van der Waals surface area contributed by atoms with Crippen molar-refractivity contribution < 1.29 is 4.39 Å². The fraction of sp³-hybridized carbons (Fsp3) is 0.154. The Morgan fingerprint density at radius 2 is 1.71 bits per heavy atom. The summed E-state index contributed by atoms with van der Waals surface area (Å²) < 4.78 is 13.1. The number of benzene rings is 1. The fourth-order valence-corrected chi connectivity index (χ4v) is 7.66. The minimum atomic E-state index is -0.159. The highest BCUT2D eigenvalue weighted by atomic mass is 33.3. The molecule has 0 spiro atoms. The SMILES string of the molecule is Fc1ccc2c(c1)CCc1cccnc1-2.S=S=S=S=S=S. The highest BCUT2D eigenvalue weighted by Gasteiger charge is 2.16. The van der Waals surface area contributed by atoms with Crippen molar-refractivity contribution in [1.29, 1.82) is 0 Å². The minimum Gasteiger partial charge on any atom is -0.256 e. The Kier molecular flexibility index (Phi) is 7.21. The Labute approximate surface area is 144 Å². The van der Waals surface area contributed by atoms with Gasteiger partial charge in [-0.3, -0.25) is 4.98 Å². The summed E-state index contributed by atoms with van der Waals surface area (Å²) >= 11 is 9.03. The van der Waals surface area contributed by atoms with E-state index in [9.17, 15) is 4.39 Å². The molecule has 0 radical (unpaired) electrons. The van der Waals surface area contributed by atoms with E-state index < -0.39 is 0 Å². The van der Waals surface area contributed by atoms with Crippen LogP contribution in [-0.2, 0) is 70.7 Å². The molecule has 1 heterocycles. The first kappa shape index (κ1) is 17.0. The molecule has 3 rings (SSSR count). The Balaban J connectivity index is 0.000000232. The van der Waals surface area contributed by atoms with Crippen LogP contribution in [0.3, 0.4) is 0 Å². The van der Waals surface area contributed by atoms with Gasteiger partial charge in [-0.2, -0.15) is 0 Å². The first-order valence-corrected chi connectivity index (χ1v) is 12.6. The van der Waals surface area contributed by atoms with Crippen LogP contribution in [0.2, 0.25) is 0 Å². The number of aryl methyl sites for hydroxylation is 2. The second kappa shape index (κ2) is 8.92. The largest absolute Gasteiger partial charge is 0.256 e. The molecule has 0 saturated carbocycles. The summed E-state index contributed by atoms with van der Waals surface area (Å²) in [5.41, 5.74) is 4.43. The van der Waals surface area contributed by atoms with Gasteiger partial charge in [0.25, 0.3) is 0 Å². The van der Waals surface area contributed by atoms with Crippen LogP contribution < -0.4 is 0 Å². The lowest BCUT2D eigenvalue weighted by atomic mass is 9.89. The number of rotatable bonds is 0. The number of aromatic nitrogens is 1. The van der Waals surface area contributed by atoms with Crippen LogP contribution in [-0.4, -0.2) is 4.98 Å². The van der Waals surface area contributed by atoms with Gasteiger partial charge in [-0.25, -0.2) is 4.39 Å². The maximum Gasteiger partial charge on any atom is 0.123 e. The molecular weight excluding hydrogens is 382 g/mol. The first-order chi connectivity index (χ1) is 10.3. The molecule has 1 aliphatic carbocycles. The summed E-state index contributed by atoms with van der Waals surface area (Å²) in [6.07, 6.45) is 3.66. The molecule has 0 atom stereocenters. The van der Waals surface area contributed by atoms with E-state index in [0.717, 1.165) is 29.7 Å². The minimum absolute atomic E-state index is 0.159. The average Bonchev–Trinajstić information content (AvgIpc) is 2.53. The lowest BCUT2D eigenvalue weighted by Gasteiger charge is -2.18. The van der Waals surface area contributed by atoms with Crippen LogP contribution in [0.15, 0.2) is 36.5 Å². The first-order valence-electron chi connectivity index (χ1n) is 5.90. The Hall–Kier alpha value is -0.380. The molecule has 0 amide bonds. The zero-order chi connectivity index (χ0) is 15.1. The molecular formula is C13H10FNS6. The molecule has 110 valence electrons.